The molecule has 2 bridgehead atoms. The molecule has 1 saturated carbocycles. The summed E-state index contributed by atoms with van der Waals surface area (Å²) in [5.74, 6) is 1.47. The summed E-state index contributed by atoms with van der Waals surface area (Å²) in [6.45, 7) is 3.84. The van der Waals surface area contributed by atoms with Crippen LogP contribution in [0.25, 0.3) is 11.1 Å². The Morgan fingerprint density at radius 2 is 1.68 bits per heavy atom. The molecule has 2 unspecified atom stereocenters. The highest BCUT2D eigenvalue weighted by Crippen LogP contribution is 2.40. The normalized spacial score (nSPS) is 26.5. The van der Waals surface area contributed by atoms with Crippen molar-refractivity contribution in [2.75, 3.05) is 41.7 Å². The second kappa shape index (κ2) is 10.8. The minimum absolute atomic E-state index is 0.176. The summed E-state index contributed by atoms with van der Waals surface area (Å²) >= 11 is 0. The standard InChI is InChI=1S/C31H38N6O3/c32-31-28(13-20(17-35-31)27-3-1-2-4-29(27)38)36-18-22-5-6-23(19-36)37(22)21-7-12-34-30(14-21)40-26-15-25(16-26)39-24-8-10-33-11-9-24/h1-4,7,12-14,17,22-26,33,38H,5-6,8-11,15-16,18-19H2,(H2,32,35). The molecule has 2 atom stereocenters. The summed E-state index contributed by atoms with van der Waals surface area (Å²) < 4.78 is 12.5. The molecule has 0 amide bonds. The minimum atomic E-state index is 0.176. The minimum Gasteiger partial charge on any atom is -0.507 e. The highest BCUT2D eigenvalue weighted by molar-refractivity contribution is 5.77. The van der Waals surface area contributed by atoms with Crippen molar-refractivity contribution < 1.29 is 14.6 Å². The number of pyridine rings is 2. The van der Waals surface area contributed by atoms with Gasteiger partial charge in [0.05, 0.1) is 17.9 Å². The van der Waals surface area contributed by atoms with E-state index in [1.54, 1.807) is 12.3 Å². The van der Waals surface area contributed by atoms with Crippen molar-refractivity contribution in [2.45, 2.75) is 68.9 Å². The SMILES string of the molecule is Nc1ncc(-c2ccccc2O)cc1N1CC2CCC(C1)N2c1ccnc(OC2CC(OC3CCNCC3)C2)c1. The lowest BCUT2D eigenvalue weighted by atomic mass is 9.91. The van der Waals surface area contributed by atoms with Gasteiger partial charge in [0, 0.05) is 73.3 Å². The first-order valence-corrected chi connectivity index (χ1v) is 14.7. The van der Waals surface area contributed by atoms with Gasteiger partial charge < -0.3 is 35.4 Å². The molecule has 3 aliphatic heterocycles. The van der Waals surface area contributed by atoms with Gasteiger partial charge in [0.15, 0.2) is 0 Å². The third-order valence-corrected chi connectivity index (χ3v) is 8.96. The van der Waals surface area contributed by atoms with Crippen molar-refractivity contribution in [1.82, 2.24) is 15.3 Å². The maximum absolute atomic E-state index is 10.4. The third-order valence-electron chi connectivity index (χ3n) is 8.96. The maximum Gasteiger partial charge on any atom is 0.215 e. The predicted octanol–water partition coefficient (Wildman–Crippen LogP) is 3.97. The zero-order valence-corrected chi connectivity index (χ0v) is 22.8. The Labute approximate surface area is 235 Å². The summed E-state index contributed by atoms with van der Waals surface area (Å²) in [6.07, 6.45) is 10.8. The summed E-state index contributed by atoms with van der Waals surface area (Å²) in [6, 6.07) is 14.4. The van der Waals surface area contributed by atoms with Crippen LogP contribution in [0.5, 0.6) is 11.6 Å². The molecule has 3 saturated heterocycles. The van der Waals surface area contributed by atoms with Gasteiger partial charge in [0.25, 0.3) is 0 Å². The number of rotatable bonds is 7. The van der Waals surface area contributed by atoms with Gasteiger partial charge in [-0.05, 0) is 57.0 Å². The van der Waals surface area contributed by atoms with Gasteiger partial charge in [-0.25, -0.2) is 9.97 Å². The molecule has 1 aliphatic carbocycles. The molecule has 4 N–H and O–H groups in total. The molecule has 3 aromatic rings. The molecule has 210 valence electrons. The van der Waals surface area contributed by atoms with E-state index in [2.05, 4.69) is 43.3 Å². The Kier molecular flexibility index (Phi) is 6.85. The number of piperidine rings is 1. The van der Waals surface area contributed by atoms with Crippen molar-refractivity contribution in [3.8, 4) is 22.8 Å². The molecule has 2 aromatic heterocycles. The first-order valence-electron chi connectivity index (χ1n) is 14.7. The van der Waals surface area contributed by atoms with Crippen LogP contribution in [0.4, 0.5) is 17.2 Å². The number of hydrogen-bond acceptors (Lipinski definition) is 9. The predicted molar refractivity (Wildman–Crippen MR) is 156 cm³/mol. The van der Waals surface area contributed by atoms with Crippen LogP contribution in [0, 0.1) is 0 Å². The number of fused-ring (bicyclic) bond motifs is 2. The van der Waals surface area contributed by atoms with E-state index in [-0.39, 0.29) is 11.9 Å². The van der Waals surface area contributed by atoms with Crippen molar-refractivity contribution in [1.29, 1.82) is 0 Å². The fraction of sp³-hybridized carbons (Fsp3) is 0.484. The number of para-hydroxylation sites is 1. The zero-order chi connectivity index (χ0) is 27.1. The van der Waals surface area contributed by atoms with Crippen LogP contribution in [0.15, 0.2) is 54.9 Å². The number of aromatic nitrogens is 2. The lowest BCUT2D eigenvalue weighted by Gasteiger charge is -2.43. The fourth-order valence-electron chi connectivity index (χ4n) is 6.83. The van der Waals surface area contributed by atoms with Crippen LogP contribution >= 0.6 is 0 Å². The molecule has 5 heterocycles. The molecule has 1 aromatic carbocycles. The van der Waals surface area contributed by atoms with Crippen molar-refractivity contribution in [3.63, 3.8) is 0 Å². The Morgan fingerprint density at radius 1 is 0.900 bits per heavy atom. The number of anilines is 3. The van der Waals surface area contributed by atoms with E-state index in [9.17, 15) is 5.11 Å². The number of nitrogens with two attached hydrogens (primary N) is 1. The van der Waals surface area contributed by atoms with E-state index in [1.165, 1.54) is 5.69 Å². The summed E-state index contributed by atoms with van der Waals surface area (Å²) in [5.41, 5.74) is 10.1. The Morgan fingerprint density at radius 3 is 2.45 bits per heavy atom. The number of ether oxygens (including phenoxy) is 2. The van der Waals surface area contributed by atoms with Crippen molar-refractivity contribution >= 4 is 17.2 Å². The second-order valence-electron chi connectivity index (χ2n) is 11.6. The molecule has 9 heteroatoms. The van der Waals surface area contributed by atoms with Crippen LogP contribution in [0.1, 0.15) is 38.5 Å². The van der Waals surface area contributed by atoms with Gasteiger partial charge in [0.2, 0.25) is 5.88 Å². The Bertz CT molecular complexity index is 1330. The number of piperazine rings is 1. The highest BCUT2D eigenvalue weighted by atomic mass is 16.5. The molecule has 4 aliphatic rings. The fourth-order valence-corrected chi connectivity index (χ4v) is 6.83. The number of benzene rings is 1. The number of hydrogen-bond donors (Lipinski definition) is 3. The lowest BCUT2D eigenvalue weighted by Crippen LogP contribution is -2.54. The van der Waals surface area contributed by atoms with Crippen LogP contribution in [-0.4, -0.2) is 71.6 Å². The highest BCUT2D eigenvalue weighted by Gasteiger charge is 2.41. The molecule has 0 spiro atoms. The van der Waals surface area contributed by atoms with Crippen LogP contribution in [0.3, 0.4) is 0 Å². The number of nitrogens with zero attached hydrogens (tertiary/aromatic N) is 4. The van der Waals surface area contributed by atoms with E-state index < -0.39 is 0 Å². The second-order valence-corrected chi connectivity index (χ2v) is 11.6. The Balaban J connectivity index is 1.01. The van der Waals surface area contributed by atoms with Gasteiger partial charge in [-0.1, -0.05) is 18.2 Å². The molecular weight excluding hydrogens is 504 g/mol. The van der Waals surface area contributed by atoms with E-state index in [0.717, 1.165) is 81.5 Å². The zero-order valence-electron chi connectivity index (χ0n) is 22.8. The monoisotopic (exact) mass is 542 g/mol. The van der Waals surface area contributed by atoms with E-state index in [4.69, 9.17) is 15.2 Å². The molecule has 9 nitrogen and oxygen atoms in total. The average molecular weight is 543 g/mol. The van der Waals surface area contributed by atoms with Gasteiger partial charge in [-0.2, -0.15) is 0 Å². The van der Waals surface area contributed by atoms with Crippen LogP contribution in [0.2, 0.25) is 0 Å². The quantitative estimate of drug-likeness (QED) is 0.409. The van der Waals surface area contributed by atoms with Gasteiger partial charge >= 0.3 is 0 Å². The van der Waals surface area contributed by atoms with Crippen molar-refractivity contribution in [2.24, 2.45) is 0 Å². The maximum atomic E-state index is 10.4. The third kappa shape index (κ3) is 5.04. The van der Waals surface area contributed by atoms with Gasteiger partial charge in [-0.3, -0.25) is 0 Å². The van der Waals surface area contributed by atoms with E-state index in [1.807, 2.05) is 24.4 Å². The first-order chi connectivity index (χ1) is 19.6. The van der Waals surface area contributed by atoms with E-state index >= 15 is 0 Å². The smallest absolute Gasteiger partial charge is 0.215 e. The summed E-state index contributed by atoms with van der Waals surface area (Å²) in [7, 11) is 0. The number of phenols is 1. The lowest BCUT2D eigenvalue weighted by molar-refractivity contribution is -0.103. The van der Waals surface area contributed by atoms with E-state index in [0.29, 0.717) is 36.0 Å². The van der Waals surface area contributed by atoms with Gasteiger partial charge in [-0.15, -0.1) is 0 Å². The Hall–Kier alpha value is -3.56. The van der Waals surface area contributed by atoms with Gasteiger partial charge in [0.1, 0.15) is 17.7 Å². The number of aromatic hydroxyl groups is 1. The summed E-state index contributed by atoms with van der Waals surface area (Å²) in [4.78, 5) is 13.9. The molecule has 40 heavy (non-hydrogen) atoms. The van der Waals surface area contributed by atoms with Crippen LogP contribution in [-0.2, 0) is 4.74 Å². The first kappa shape index (κ1) is 25.4. The molecule has 7 rings (SSSR count). The summed E-state index contributed by atoms with van der Waals surface area (Å²) in [5, 5.41) is 13.8. The number of phenolic OH excluding ortho intramolecular Hbond substituents is 1. The molecule has 0 radical (unpaired) electrons. The van der Waals surface area contributed by atoms with Crippen molar-refractivity contribution in [3.05, 3.63) is 54.9 Å². The number of nitrogens with one attached hydrogen (secondary N) is 1. The number of nitrogen functional groups attached to an aromatic ring is 1. The molecule has 4 fully saturated rings. The average Bonchev–Trinajstić information content (AvgIpc) is 3.22. The largest absolute Gasteiger partial charge is 0.507 e. The molecular formula is C31H38N6O3. The van der Waals surface area contributed by atoms with Crippen LogP contribution < -0.4 is 25.6 Å². The topological polar surface area (TPSA) is 109 Å².